The molecule has 0 aromatic heterocycles. The highest BCUT2D eigenvalue weighted by Crippen LogP contribution is 2.29. The first-order valence-corrected chi connectivity index (χ1v) is 5.57. The summed E-state index contributed by atoms with van der Waals surface area (Å²) in [5.74, 6) is 0.509. The molecule has 1 heterocycles. The van der Waals surface area contributed by atoms with Crippen LogP contribution in [-0.2, 0) is 14.6 Å². The quantitative estimate of drug-likeness (QED) is 0.628. The van der Waals surface area contributed by atoms with E-state index < -0.39 is 15.3 Å². The van der Waals surface area contributed by atoms with E-state index in [1.54, 1.807) is 0 Å². The van der Waals surface area contributed by atoms with Gasteiger partial charge in [-0.3, -0.25) is 0 Å². The fraction of sp³-hybridized carbons (Fsp3) is 1.00. The lowest BCUT2D eigenvalue weighted by Gasteiger charge is -2.13. The van der Waals surface area contributed by atoms with Crippen molar-refractivity contribution < 1.29 is 13.2 Å². The Kier molecular flexibility index (Phi) is 2.54. The number of methoxy groups -OCH3 is 1. The van der Waals surface area contributed by atoms with E-state index in [1.165, 1.54) is 7.11 Å². The van der Waals surface area contributed by atoms with E-state index in [-0.39, 0.29) is 5.92 Å². The van der Waals surface area contributed by atoms with Gasteiger partial charge in [-0.2, -0.15) is 0 Å². The predicted molar refractivity (Wildman–Crippen MR) is 43.0 cm³/mol. The summed E-state index contributed by atoms with van der Waals surface area (Å²) in [6.07, 6.45) is 1.65. The summed E-state index contributed by atoms with van der Waals surface area (Å²) in [6, 6.07) is 0. The van der Waals surface area contributed by atoms with Gasteiger partial charge in [0.2, 0.25) is 0 Å². The number of rotatable bonds is 2. The molecule has 0 amide bonds. The van der Waals surface area contributed by atoms with Crippen molar-refractivity contribution in [3.05, 3.63) is 0 Å². The van der Waals surface area contributed by atoms with E-state index in [4.69, 9.17) is 4.74 Å². The molecule has 0 aliphatic carbocycles. The van der Waals surface area contributed by atoms with Crippen molar-refractivity contribution in [3.63, 3.8) is 0 Å². The van der Waals surface area contributed by atoms with Crippen LogP contribution < -0.4 is 0 Å². The van der Waals surface area contributed by atoms with Gasteiger partial charge in [-0.1, -0.05) is 6.92 Å². The van der Waals surface area contributed by atoms with Crippen LogP contribution in [0.25, 0.3) is 0 Å². The highest BCUT2D eigenvalue weighted by molar-refractivity contribution is 7.92. The summed E-state index contributed by atoms with van der Waals surface area (Å²) in [6.45, 7) is 2.00. The maximum Gasteiger partial charge on any atom is 0.177 e. The van der Waals surface area contributed by atoms with Gasteiger partial charge in [-0.05, 0) is 12.8 Å². The largest absolute Gasteiger partial charge is 0.365 e. The third-order valence-corrected chi connectivity index (χ3v) is 4.36. The van der Waals surface area contributed by atoms with Crippen LogP contribution in [0.4, 0.5) is 0 Å². The van der Waals surface area contributed by atoms with Gasteiger partial charge < -0.3 is 4.74 Å². The van der Waals surface area contributed by atoms with E-state index in [1.807, 2.05) is 6.92 Å². The van der Waals surface area contributed by atoms with Crippen molar-refractivity contribution in [3.8, 4) is 0 Å². The maximum atomic E-state index is 11.2. The van der Waals surface area contributed by atoms with Crippen LogP contribution in [0.1, 0.15) is 19.8 Å². The van der Waals surface area contributed by atoms with Crippen molar-refractivity contribution in [1.29, 1.82) is 0 Å². The van der Waals surface area contributed by atoms with Crippen LogP contribution in [0.3, 0.4) is 0 Å². The second kappa shape index (κ2) is 3.11. The third-order valence-electron chi connectivity index (χ3n) is 2.27. The van der Waals surface area contributed by atoms with Crippen molar-refractivity contribution in [1.82, 2.24) is 0 Å². The molecule has 1 aliphatic rings. The van der Waals surface area contributed by atoms with E-state index >= 15 is 0 Å². The van der Waals surface area contributed by atoms with Crippen LogP contribution in [0, 0.1) is 5.92 Å². The zero-order valence-electron chi connectivity index (χ0n) is 6.91. The first-order chi connectivity index (χ1) is 5.11. The molecule has 0 spiro atoms. The standard InChI is InChI=1S/C7H14O3S/c1-3-6-4-5-11(8,9)7(6)10-2/h6-7H,3-5H2,1-2H3. The highest BCUT2D eigenvalue weighted by Gasteiger charge is 2.38. The van der Waals surface area contributed by atoms with E-state index in [0.717, 1.165) is 12.8 Å². The molecule has 0 aromatic carbocycles. The zero-order valence-corrected chi connectivity index (χ0v) is 7.73. The summed E-state index contributed by atoms with van der Waals surface area (Å²) in [4.78, 5) is 0. The molecule has 11 heavy (non-hydrogen) atoms. The van der Waals surface area contributed by atoms with Crippen molar-refractivity contribution in [2.75, 3.05) is 12.9 Å². The number of sulfone groups is 1. The summed E-state index contributed by atoms with van der Waals surface area (Å²) >= 11 is 0. The van der Waals surface area contributed by atoms with E-state index in [2.05, 4.69) is 0 Å². The molecule has 3 nitrogen and oxygen atoms in total. The van der Waals surface area contributed by atoms with Crippen molar-refractivity contribution >= 4 is 9.84 Å². The fourth-order valence-electron chi connectivity index (χ4n) is 1.60. The number of hydrogen-bond donors (Lipinski definition) is 0. The molecule has 0 saturated carbocycles. The SMILES string of the molecule is CCC1CCS(=O)(=O)C1OC. The molecule has 66 valence electrons. The molecular weight excluding hydrogens is 164 g/mol. The lowest BCUT2D eigenvalue weighted by Crippen LogP contribution is -2.23. The van der Waals surface area contributed by atoms with Gasteiger partial charge in [-0.15, -0.1) is 0 Å². The Morgan fingerprint density at radius 3 is 2.55 bits per heavy atom. The third kappa shape index (κ3) is 1.56. The molecule has 1 rings (SSSR count). The summed E-state index contributed by atoms with van der Waals surface area (Å²) in [5.41, 5.74) is -0.535. The van der Waals surface area contributed by atoms with Gasteiger partial charge in [0.1, 0.15) is 0 Å². The average Bonchev–Trinajstić information content (AvgIpc) is 2.24. The van der Waals surface area contributed by atoms with Gasteiger partial charge in [0.15, 0.2) is 15.3 Å². The summed E-state index contributed by atoms with van der Waals surface area (Å²) in [7, 11) is -1.45. The Morgan fingerprint density at radius 2 is 2.18 bits per heavy atom. The van der Waals surface area contributed by atoms with E-state index in [0.29, 0.717) is 5.75 Å². The summed E-state index contributed by atoms with van der Waals surface area (Å²) < 4.78 is 27.4. The molecule has 0 N–H and O–H groups in total. The van der Waals surface area contributed by atoms with Crippen molar-refractivity contribution in [2.24, 2.45) is 5.92 Å². The Balaban J connectivity index is 2.80. The predicted octanol–water partition coefficient (Wildman–Crippen LogP) is 0.804. The average molecular weight is 178 g/mol. The normalized spacial score (nSPS) is 35.8. The minimum atomic E-state index is -2.92. The molecule has 1 fully saturated rings. The molecule has 2 atom stereocenters. The zero-order chi connectivity index (χ0) is 8.48. The Morgan fingerprint density at radius 1 is 1.55 bits per heavy atom. The minimum Gasteiger partial charge on any atom is -0.365 e. The Hall–Kier alpha value is -0.0900. The van der Waals surface area contributed by atoms with E-state index in [9.17, 15) is 8.42 Å². The highest BCUT2D eigenvalue weighted by atomic mass is 32.2. The maximum absolute atomic E-state index is 11.2. The van der Waals surface area contributed by atoms with Gasteiger partial charge >= 0.3 is 0 Å². The molecule has 0 radical (unpaired) electrons. The van der Waals surface area contributed by atoms with Gasteiger partial charge in [-0.25, -0.2) is 8.42 Å². The topological polar surface area (TPSA) is 43.4 Å². The van der Waals surface area contributed by atoms with Gasteiger partial charge in [0.05, 0.1) is 5.75 Å². The van der Waals surface area contributed by atoms with Gasteiger partial charge in [0, 0.05) is 13.0 Å². The molecule has 0 bridgehead atoms. The Bertz CT molecular complexity index is 220. The first-order valence-electron chi connectivity index (χ1n) is 3.86. The lowest BCUT2D eigenvalue weighted by atomic mass is 10.1. The van der Waals surface area contributed by atoms with Crippen molar-refractivity contribution in [2.45, 2.75) is 25.2 Å². The first kappa shape index (κ1) is 9.00. The van der Waals surface area contributed by atoms with Crippen LogP contribution in [0.5, 0.6) is 0 Å². The van der Waals surface area contributed by atoms with Crippen LogP contribution >= 0.6 is 0 Å². The van der Waals surface area contributed by atoms with Crippen LogP contribution in [-0.4, -0.2) is 26.7 Å². The smallest absolute Gasteiger partial charge is 0.177 e. The molecule has 0 aromatic rings. The molecule has 4 heteroatoms. The Labute approximate surface area is 67.7 Å². The summed E-state index contributed by atoms with van der Waals surface area (Å²) in [5, 5.41) is 0. The molecule has 1 saturated heterocycles. The minimum absolute atomic E-state index is 0.213. The molecule has 2 unspecified atom stereocenters. The van der Waals surface area contributed by atoms with Crippen LogP contribution in [0.2, 0.25) is 0 Å². The fourth-order valence-corrected chi connectivity index (χ4v) is 3.67. The monoisotopic (exact) mass is 178 g/mol. The second-order valence-corrected chi connectivity index (χ2v) is 5.13. The number of ether oxygens (including phenoxy) is 1. The second-order valence-electron chi connectivity index (χ2n) is 2.93. The molecular formula is C7H14O3S. The molecule has 1 aliphatic heterocycles. The van der Waals surface area contributed by atoms with Gasteiger partial charge in [0.25, 0.3) is 0 Å². The number of hydrogen-bond acceptors (Lipinski definition) is 3. The lowest BCUT2D eigenvalue weighted by molar-refractivity contribution is 0.120. The van der Waals surface area contributed by atoms with Crippen LogP contribution in [0.15, 0.2) is 0 Å².